The van der Waals surface area contributed by atoms with Crippen LogP contribution in [0.3, 0.4) is 0 Å². The molecule has 0 unspecified atom stereocenters. The van der Waals surface area contributed by atoms with Gasteiger partial charge in [0.2, 0.25) is 0 Å². The van der Waals surface area contributed by atoms with Gasteiger partial charge in [-0.3, -0.25) is 4.79 Å². The molecule has 2 heterocycles. The van der Waals surface area contributed by atoms with Crippen molar-refractivity contribution in [3.05, 3.63) is 70.3 Å². The topological polar surface area (TPSA) is 142 Å². The van der Waals surface area contributed by atoms with Crippen molar-refractivity contribution in [2.75, 3.05) is 0 Å². The molecule has 10 heteroatoms. The molecule has 2 aromatic rings. The third-order valence-electron chi connectivity index (χ3n) is 12.2. The van der Waals surface area contributed by atoms with Crippen molar-refractivity contribution in [3.8, 4) is 0 Å². The van der Waals surface area contributed by atoms with Gasteiger partial charge in [-0.1, -0.05) is 44.2 Å². The minimum absolute atomic E-state index is 0.0217. The Kier molecular flexibility index (Phi) is 7.05. The second-order valence-corrected chi connectivity index (χ2v) is 14.3. The maximum absolute atomic E-state index is 12.6. The van der Waals surface area contributed by atoms with E-state index in [1.165, 1.54) is 19.3 Å². The molecule has 1 spiro atoms. The Bertz CT molecular complexity index is 1550. The van der Waals surface area contributed by atoms with E-state index in [4.69, 9.17) is 23.4 Å². The molecule has 0 radical (unpaired) electrons. The summed E-state index contributed by atoms with van der Waals surface area (Å²) < 4.78 is 28.6. The Morgan fingerprint density at radius 3 is 2.36 bits per heavy atom. The van der Waals surface area contributed by atoms with Crippen LogP contribution in [0.15, 0.2) is 57.9 Å². The number of esters is 3. The lowest BCUT2D eigenvalue weighted by molar-refractivity contribution is -0.229. The minimum Gasteiger partial charge on any atom is -0.459 e. The molecule has 4 aliphatic carbocycles. The number of aliphatic hydroxyl groups is 1. The zero-order valence-corrected chi connectivity index (χ0v) is 25.9. The first kappa shape index (κ1) is 30.2. The summed E-state index contributed by atoms with van der Waals surface area (Å²) in [7, 11) is 0. The van der Waals surface area contributed by atoms with E-state index in [0.29, 0.717) is 25.7 Å². The number of ether oxygens (including phenoxy) is 4. The van der Waals surface area contributed by atoms with E-state index in [1.807, 2.05) is 18.2 Å². The number of fused-ring (bicyclic) bond motifs is 3. The lowest BCUT2D eigenvalue weighted by atomic mass is 9.42. The normalized spacial score (nSPS) is 41.0. The Morgan fingerprint density at radius 1 is 0.911 bits per heavy atom. The van der Waals surface area contributed by atoms with Crippen molar-refractivity contribution >= 4 is 17.9 Å². The fourth-order valence-electron chi connectivity index (χ4n) is 10.2. The van der Waals surface area contributed by atoms with E-state index in [2.05, 4.69) is 13.8 Å². The van der Waals surface area contributed by atoms with Gasteiger partial charge in [0.05, 0.1) is 11.9 Å². The van der Waals surface area contributed by atoms with E-state index >= 15 is 0 Å². The van der Waals surface area contributed by atoms with Gasteiger partial charge in [0.25, 0.3) is 0 Å². The molecule has 4 saturated carbocycles. The third-order valence-corrected chi connectivity index (χ3v) is 12.2. The van der Waals surface area contributed by atoms with Crippen molar-refractivity contribution in [1.29, 1.82) is 0 Å². The van der Waals surface area contributed by atoms with Crippen LogP contribution in [0.4, 0.5) is 0 Å². The van der Waals surface area contributed by atoms with E-state index in [9.17, 15) is 24.3 Å². The van der Waals surface area contributed by atoms with Crippen LogP contribution in [0, 0.1) is 22.7 Å². The molecule has 1 aromatic heterocycles. The first-order valence-electron chi connectivity index (χ1n) is 16.0. The first-order valence-corrected chi connectivity index (χ1v) is 16.0. The van der Waals surface area contributed by atoms with Crippen LogP contribution < -0.4 is 5.63 Å². The highest BCUT2D eigenvalue weighted by Crippen LogP contribution is 2.78. The summed E-state index contributed by atoms with van der Waals surface area (Å²) in [5.74, 6) is -2.40. The largest absolute Gasteiger partial charge is 0.459 e. The third kappa shape index (κ3) is 4.50. The Hall–Kier alpha value is -3.50. The van der Waals surface area contributed by atoms with Crippen molar-refractivity contribution in [2.24, 2.45) is 22.7 Å². The maximum Gasteiger partial charge on any atom is 0.417 e. The van der Waals surface area contributed by atoms with Gasteiger partial charge < -0.3 is 28.5 Å². The Balaban J connectivity index is 1.08. The van der Waals surface area contributed by atoms with Gasteiger partial charge in [0.1, 0.15) is 30.5 Å². The monoisotopic (exact) mass is 620 g/mol. The molecule has 7 rings (SSSR count). The highest BCUT2D eigenvalue weighted by Gasteiger charge is 2.85. The van der Waals surface area contributed by atoms with Crippen LogP contribution in [-0.2, 0) is 39.9 Å². The highest BCUT2D eigenvalue weighted by molar-refractivity contribution is 6.29. The smallest absolute Gasteiger partial charge is 0.417 e. The van der Waals surface area contributed by atoms with Crippen LogP contribution in [0.25, 0.3) is 0 Å². The summed E-state index contributed by atoms with van der Waals surface area (Å²) in [5.41, 5.74) is -1.31. The molecule has 5 fully saturated rings. The number of hydrogen-bond acceptors (Lipinski definition) is 10. The van der Waals surface area contributed by atoms with Crippen molar-refractivity contribution in [1.82, 2.24) is 0 Å². The van der Waals surface area contributed by atoms with E-state index in [0.717, 1.165) is 24.0 Å². The second-order valence-electron chi connectivity index (χ2n) is 14.3. The first-order chi connectivity index (χ1) is 21.4. The molecule has 1 N–H and O–H groups in total. The number of rotatable bonds is 5. The fraction of sp³-hybridized carbons (Fsp3) is 0.600. The number of carbonyl (C=O) groups excluding carboxylic acids is 3. The minimum atomic E-state index is -1.09. The van der Waals surface area contributed by atoms with Crippen LogP contribution in [0.5, 0.6) is 0 Å². The molecule has 10 atom stereocenters. The number of carbonyl (C=O) groups is 3. The molecule has 5 aliphatic rings. The van der Waals surface area contributed by atoms with Gasteiger partial charge >= 0.3 is 23.5 Å². The molecular weight excluding hydrogens is 580 g/mol. The van der Waals surface area contributed by atoms with Crippen molar-refractivity contribution in [3.63, 3.8) is 0 Å². The van der Waals surface area contributed by atoms with Gasteiger partial charge in [-0.2, -0.15) is 0 Å². The average molecular weight is 621 g/mol. The summed E-state index contributed by atoms with van der Waals surface area (Å²) >= 11 is 0. The summed E-state index contributed by atoms with van der Waals surface area (Å²) in [6.07, 6.45) is 4.31. The SMILES string of the molecule is CC(=O)O[C@H]1[C@H]2O[C@]23[C@@H]2CC[C@]4(O)C[C@@H](OC(=O)C(=O)OCc5ccccc5)CC[C@]4(C)[C@H]2CC[C@]3(C)[C@H]1c1ccc(=O)oc1. The molecule has 1 saturated heterocycles. The standard InChI is InChI=1S/C35H40O10/c1-20(36)43-28-27(22-9-10-26(37)41-19-22)33(3)15-12-24-25(35(33)29(28)45-35)13-16-34(40)17-23(11-14-32(24,34)2)44-31(39)30(38)42-18-21-7-5-4-6-8-21/h4-10,19,23-25,27-29,40H,11-18H2,1-3H3/t23-,24-,25+,27-,28+,29+,32+,33+,34-,35+/m0/s1. The van der Waals surface area contributed by atoms with Crippen LogP contribution in [0.2, 0.25) is 0 Å². The van der Waals surface area contributed by atoms with Crippen LogP contribution >= 0.6 is 0 Å². The summed E-state index contributed by atoms with van der Waals surface area (Å²) in [5, 5.41) is 12.2. The lowest BCUT2D eigenvalue weighted by Gasteiger charge is -2.64. The van der Waals surface area contributed by atoms with Crippen molar-refractivity contribution < 1.29 is 42.9 Å². The predicted octanol–water partition coefficient (Wildman–Crippen LogP) is 4.21. The zero-order chi connectivity index (χ0) is 31.8. The maximum atomic E-state index is 12.6. The summed E-state index contributed by atoms with van der Waals surface area (Å²) in [6.45, 7) is 5.74. The highest BCUT2D eigenvalue weighted by atomic mass is 16.7. The molecule has 240 valence electrons. The lowest BCUT2D eigenvalue weighted by Crippen LogP contribution is -2.65. The molecule has 10 nitrogen and oxygen atoms in total. The molecular formula is C35H40O10. The van der Waals surface area contributed by atoms with Gasteiger partial charge in [-0.25, -0.2) is 14.4 Å². The second kappa shape index (κ2) is 10.5. The van der Waals surface area contributed by atoms with E-state index in [1.54, 1.807) is 18.2 Å². The van der Waals surface area contributed by atoms with Crippen LogP contribution in [0.1, 0.15) is 82.8 Å². The van der Waals surface area contributed by atoms with Gasteiger partial charge in [-0.05, 0) is 73.0 Å². The Morgan fingerprint density at radius 2 is 1.64 bits per heavy atom. The van der Waals surface area contributed by atoms with E-state index in [-0.39, 0.29) is 48.3 Å². The Labute approximate surface area is 261 Å². The van der Waals surface area contributed by atoms with Gasteiger partial charge in [-0.15, -0.1) is 0 Å². The zero-order valence-electron chi connectivity index (χ0n) is 25.9. The van der Waals surface area contributed by atoms with Crippen molar-refractivity contribution in [2.45, 2.75) is 108 Å². The summed E-state index contributed by atoms with van der Waals surface area (Å²) in [6, 6.07) is 12.3. The average Bonchev–Trinajstić information content (AvgIpc) is 3.71. The predicted molar refractivity (Wildman–Crippen MR) is 157 cm³/mol. The number of benzene rings is 1. The van der Waals surface area contributed by atoms with Gasteiger partial charge in [0, 0.05) is 30.7 Å². The number of hydrogen-bond donors (Lipinski definition) is 1. The van der Waals surface area contributed by atoms with Gasteiger partial charge in [0.15, 0.2) is 0 Å². The quantitative estimate of drug-likeness (QED) is 0.224. The van der Waals surface area contributed by atoms with Crippen LogP contribution in [-0.4, -0.2) is 52.5 Å². The molecule has 0 bridgehead atoms. The number of epoxide rings is 1. The fourth-order valence-corrected chi connectivity index (χ4v) is 10.2. The van der Waals surface area contributed by atoms with E-state index < -0.39 is 46.4 Å². The molecule has 0 amide bonds. The molecule has 45 heavy (non-hydrogen) atoms. The molecule has 1 aromatic carbocycles. The summed E-state index contributed by atoms with van der Waals surface area (Å²) in [4.78, 5) is 49.1. The molecule has 1 aliphatic heterocycles.